The molecule has 0 aliphatic heterocycles. The first kappa shape index (κ1) is 9.43. The molecule has 2 aromatic rings. The number of hydrogen-bond acceptors (Lipinski definition) is 4. The van der Waals surface area contributed by atoms with Crippen LogP contribution in [0.15, 0.2) is 18.2 Å². The molecule has 0 spiro atoms. The van der Waals surface area contributed by atoms with E-state index >= 15 is 0 Å². The number of anilines is 1. The average Bonchev–Trinajstić information content (AvgIpc) is 2.57. The van der Waals surface area contributed by atoms with Crippen molar-refractivity contribution in [2.45, 2.75) is 6.92 Å². The first-order valence-electron chi connectivity index (χ1n) is 4.03. The summed E-state index contributed by atoms with van der Waals surface area (Å²) in [6.07, 6.45) is 0. The highest BCUT2D eigenvalue weighted by Crippen LogP contribution is 2.31. The predicted octanol–water partition coefficient (Wildman–Crippen LogP) is 2.75. The van der Waals surface area contributed by atoms with Gasteiger partial charge in [-0.05, 0) is 24.0 Å². The first-order chi connectivity index (χ1) is 6.68. The van der Waals surface area contributed by atoms with Gasteiger partial charge in [0.15, 0.2) is 0 Å². The fourth-order valence-electron chi connectivity index (χ4n) is 1.16. The monoisotopic (exact) mass is 225 g/mol. The maximum Gasteiger partial charge on any atom is 0.232 e. The summed E-state index contributed by atoms with van der Waals surface area (Å²) in [5.41, 5.74) is 7.36. The average molecular weight is 226 g/mol. The summed E-state index contributed by atoms with van der Waals surface area (Å²) in [6, 6.07) is 5.81. The third-order valence-corrected chi connectivity index (χ3v) is 3.13. The standard InChI is InChI=1S/C9H8ClN3S/c1-5-3-2-4-6(7(5)10)8-12-9(11)13-14-8/h2-4H,1H3,(H2,11,13). The molecule has 1 aromatic heterocycles. The molecule has 0 aliphatic carbocycles. The van der Waals surface area contributed by atoms with E-state index in [9.17, 15) is 0 Å². The van der Waals surface area contributed by atoms with Gasteiger partial charge >= 0.3 is 0 Å². The van der Waals surface area contributed by atoms with E-state index in [1.807, 2.05) is 25.1 Å². The second-order valence-corrected chi connectivity index (χ2v) is 4.02. The van der Waals surface area contributed by atoms with E-state index in [2.05, 4.69) is 9.36 Å². The molecule has 14 heavy (non-hydrogen) atoms. The van der Waals surface area contributed by atoms with Crippen LogP contribution < -0.4 is 5.73 Å². The molecule has 5 heteroatoms. The smallest absolute Gasteiger partial charge is 0.232 e. The van der Waals surface area contributed by atoms with Gasteiger partial charge in [-0.25, -0.2) is 0 Å². The minimum Gasteiger partial charge on any atom is -0.367 e. The van der Waals surface area contributed by atoms with Crippen molar-refractivity contribution in [3.8, 4) is 10.6 Å². The Morgan fingerprint density at radius 3 is 2.86 bits per heavy atom. The van der Waals surface area contributed by atoms with Crippen molar-refractivity contribution < 1.29 is 0 Å². The van der Waals surface area contributed by atoms with Crippen LogP contribution in [-0.2, 0) is 0 Å². The number of benzene rings is 1. The van der Waals surface area contributed by atoms with Crippen molar-refractivity contribution in [3.63, 3.8) is 0 Å². The Morgan fingerprint density at radius 1 is 1.43 bits per heavy atom. The molecular formula is C9H8ClN3S. The van der Waals surface area contributed by atoms with Gasteiger partial charge in [0.2, 0.25) is 5.95 Å². The van der Waals surface area contributed by atoms with Crippen LogP contribution in [0.3, 0.4) is 0 Å². The van der Waals surface area contributed by atoms with Crippen molar-refractivity contribution in [1.29, 1.82) is 0 Å². The molecule has 1 aromatic carbocycles. The van der Waals surface area contributed by atoms with E-state index in [1.165, 1.54) is 11.5 Å². The second kappa shape index (κ2) is 3.55. The quantitative estimate of drug-likeness (QED) is 0.812. The Morgan fingerprint density at radius 2 is 2.21 bits per heavy atom. The topological polar surface area (TPSA) is 51.8 Å². The Labute approximate surface area is 90.7 Å². The molecule has 0 fully saturated rings. The van der Waals surface area contributed by atoms with Gasteiger partial charge in [-0.2, -0.15) is 9.36 Å². The molecule has 72 valence electrons. The van der Waals surface area contributed by atoms with E-state index < -0.39 is 0 Å². The Hall–Kier alpha value is -1.13. The lowest BCUT2D eigenvalue weighted by molar-refractivity contribution is 1.33. The molecule has 1 heterocycles. The molecule has 0 radical (unpaired) electrons. The lowest BCUT2D eigenvalue weighted by Crippen LogP contribution is -1.86. The van der Waals surface area contributed by atoms with E-state index in [0.717, 1.165) is 16.1 Å². The Balaban J connectivity index is 2.57. The van der Waals surface area contributed by atoms with Gasteiger partial charge in [0.05, 0.1) is 5.02 Å². The van der Waals surface area contributed by atoms with Crippen LogP contribution in [0.25, 0.3) is 10.6 Å². The van der Waals surface area contributed by atoms with Gasteiger partial charge in [-0.3, -0.25) is 0 Å². The molecule has 0 aliphatic rings. The summed E-state index contributed by atoms with van der Waals surface area (Å²) in [5.74, 6) is 0.294. The summed E-state index contributed by atoms with van der Waals surface area (Å²) in [5, 5.41) is 1.47. The fourth-order valence-corrected chi connectivity index (χ4v) is 2.05. The normalized spacial score (nSPS) is 10.4. The minimum absolute atomic E-state index is 0.294. The molecule has 0 unspecified atom stereocenters. The van der Waals surface area contributed by atoms with E-state index in [0.29, 0.717) is 11.0 Å². The number of nitrogen functional groups attached to an aromatic ring is 1. The van der Waals surface area contributed by atoms with Gasteiger partial charge in [0, 0.05) is 5.56 Å². The molecule has 0 atom stereocenters. The highest BCUT2D eigenvalue weighted by atomic mass is 35.5. The number of hydrogen-bond donors (Lipinski definition) is 1. The number of nitrogens with two attached hydrogens (primary N) is 1. The zero-order valence-electron chi connectivity index (χ0n) is 7.49. The van der Waals surface area contributed by atoms with Crippen molar-refractivity contribution in [2.24, 2.45) is 0 Å². The van der Waals surface area contributed by atoms with Crippen LogP contribution in [0.1, 0.15) is 5.56 Å². The summed E-state index contributed by atoms with van der Waals surface area (Å²) in [6.45, 7) is 1.95. The maximum atomic E-state index is 6.14. The number of rotatable bonds is 1. The van der Waals surface area contributed by atoms with Crippen molar-refractivity contribution in [2.75, 3.05) is 5.73 Å². The zero-order valence-corrected chi connectivity index (χ0v) is 9.06. The number of aromatic nitrogens is 2. The molecular weight excluding hydrogens is 218 g/mol. The lowest BCUT2D eigenvalue weighted by atomic mass is 10.1. The van der Waals surface area contributed by atoms with Crippen LogP contribution in [-0.4, -0.2) is 9.36 Å². The van der Waals surface area contributed by atoms with Crippen LogP contribution in [0.4, 0.5) is 5.95 Å². The maximum absolute atomic E-state index is 6.14. The number of aryl methyl sites for hydroxylation is 1. The summed E-state index contributed by atoms with van der Waals surface area (Å²) < 4.78 is 3.91. The van der Waals surface area contributed by atoms with Gasteiger partial charge < -0.3 is 5.73 Å². The van der Waals surface area contributed by atoms with E-state index in [1.54, 1.807) is 0 Å². The van der Waals surface area contributed by atoms with Gasteiger partial charge in [0.25, 0.3) is 0 Å². The molecule has 0 saturated carbocycles. The minimum atomic E-state index is 0.294. The first-order valence-corrected chi connectivity index (χ1v) is 5.18. The number of halogens is 1. The molecule has 0 amide bonds. The van der Waals surface area contributed by atoms with E-state index in [-0.39, 0.29) is 0 Å². The summed E-state index contributed by atoms with van der Waals surface area (Å²) in [7, 11) is 0. The number of nitrogens with zero attached hydrogens (tertiary/aromatic N) is 2. The summed E-state index contributed by atoms with van der Waals surface area (Å²) in [4.78, 5) is 4.08. The van der Waals surface area contributed by atoms with Crippen molar-refractivity contribution in [3.05, 3.63) is 28.8 Å². The Bertz CT molecular complexity index is 467. The predicted molar refractivity (Wildman–Crippen MR) is 59.5 cm³/mol. The highest BCUT2D eigenvalue weighted by Gasteiger charge is 2.09. The van der Waals surface area contributed by atoms with Crippen LogP contribution in [0, 0.1) is 6.92 Å². The van der Waals surface area contributed by atoms with Crippen molar-refractivity contribution >= 4 is 29.1 Å². The fraction of sp³-hybridized carbons (Fsp3) is 0.111. The van der Waals surface area contributed by atoms with Crippen LogP contribution >= 0.6 is 23.1 Å². The van der Waals surface area contributed by atoms with Crippen LogP contribution in [0.5, 0.6) is 0 Å². The Kier molecular flexibility index (Phi) is 2.39. The molecule has 0 bridgehead atoms. The third kappa shape index (κ3) is 1.58. The van der Waals surface area contributed by atoms with Gasteiger partial charge in [-0.15, -0.1) is 0 Å². The molecule has 3 nitrogen and oxygen atoms in total. The van der Waals surface area contributed by atoms with Gasteiger partial charge in [0.1, 0.15) is 5.01 Å². The van der Waals surface area contributed by atoms with Crippen molar-refractivity contribution in [1.82, 2.24) is 9.36 Å². The second-order valence-electron chi connectivity index (χ2n) is 2.89. The summed E-state index contributed by atoms with van der Waals surface area (Å²) >= 11 is 7.39. The lowest BCUT2D eigenvalue weighted by Gasteiger charge is -2.01. The zero-order chi connectivity index (χ0) is 10.1. The molecule has 0 saturated heterocycles. The van der Waals surface area contributed by atoms with E-state index in [4.69, 9.17) is 17.3 Å². The SMILES string of the molecule is Cc1cccc(-c2nc(N)ns2)c1Cl. The largest absolute Gasteiger partial charge is 0.367 e. The third-order valence-electron chi connectivity index (χ3n) is 1.86. The molecule has 2 N–H and O–H groups in total. The highest BCUT2D eigenvalue weighted by molar-refractivity contribution is 7.09. The van der Waals surface area contributed by atoms with Crippen LogP contribution in [0.2, 0.25) is 5.02 Å². The van der Waals surface area contributed by atoms with Gasteiger partial charge in [-0.1, -0.05) is 29.8 Å². The molecule has 2 rings (SSSR count).